The predicted octanol–water partition coefficient (Wildman–Crippen LogP) is 3.14. The van der Waals surface area contributed by atoms with Crippen LogP contribution in [0.3, 0.4) is 0 Å². The summed E-state index contributed by atoms with van der Waals surface area (Å²) in [6.45, 7) is 2.47. The van der Waals surface area contributed by atoms with E-state index in [1.165, 1.54) is 12.1 Å². The fourth-order valence-electron chi connectivity index (χ4n) is 1.33. The molecule has 0 heterocycles. The van der Waals surface area contributed by atoms with Gasteiger partial charge in [0.05, 0.1) is 5.02 Å². The molecule has 17 heavy (non-hydrogen) atoms. The summed E-state index contributed by atoms with van der Waals surface area (Å²) in [4.78, 5) is 13.5. The van der Waals surface area contributed by atoms with Crippen LogP contribution >= 0.6 is 23.2 Å². The van der Waals surface area contributed by atoms with Crippen LogP contribution in [0, 0.1) is 0 Å². The third kappa shape index (κ3) is 4.10. The van der Waals surface area contributed by atoms with Crippen LogP contribution in [0.25, 0.3) is 0 Å². The van der Waals surface area contributed by atoms with Gasteiger partial charge in [-0.05, 0) is 31.5 Å². The van der Waals surface area contributed by atoms with E-state index in [1.807, 2.05) is 6.92 Å². The Hall–Kier alpha value is -0.930. The number of aromatic hydroxyl groups is 1. The molecule has 1 aromatic carbocycles. The van der Waals surface area contributed by atoms with Gasteiger partial charge in [-0.2, -0.15) is 0 Å². The largest absolute Gasteiger partial charge is 0.506 e. The van der Waals surface area contributed by atoms with E-state index in [2.05, 4.69) is 0 Å². The Morgan fingerprint density at radius 3 is 2.71 bits per heavy atom. The summed E-state index contributed by atoms with van der Waals surface area (Å²) in [5.41, 5.74) is 0.456. The number of nitrogens with zero attached hydrogens (tertiary/aromatic N) is 1. The van der Waals surface area contributed by atoms with Gasteiger partial charge in [-0.25, -0.2) is 0 Å². The molecule has 94 valence electrons. The number of carbonyl (C=O) groups is 1. The second kappa shape index (κ2) is 6.12. The Bertz CT molecular complexity index is 407. The first kappa shape index (κ1) is 14.1. The van der Waals surface area contributed by atoms with Crippen molar-refractivity contribution < 1.29 is 9.90 Å². The van der Waals surface area contributed by atoms with Gasteiger partial charge in [-0.15, -0.1) is 11.6 Å². The lowest BCUT2D eigenvalue weighted by atomic mass is 10.2. The average molecular weight is 276 g/mol. The molecule has 1 aromatic rings. The minimum absolute atomic E-state index is 0.0275. The van der Waals surface area contributed by atoms with Crippen LogP contribution in [-0.2, 0) is 0 Å². The molecular weight excluding hydrogens is 261 g/mol. The fourth-order valence-corrected chi connectivity index (χ4v) is 1.61. The molecule has 1 unspecified atom stereocenters. The number of benzene rings is 1. The molecule has 0 saturated carbocycles. The first-order valence-electron chi connectivity index (χ1n) is 5.30. The van der Waals surface area contributed by atoms with Gasteiger partial charge in [-0.3, -0.25) is 4.79 Å². The number of hydrogen-bond acceptors (Lipinski definition) is 2. The molecule has 5 heteroatoms. The number of rotatable bonds is 4. The molecule has 0 radical (unpaired) electrons. The van der Waals surface area contributed by atoms with E-state index in [4.69, 9.17) is 23.2 Å². The van der Waals surface area contributed by atoms with E-state index in [1.54, 1.807) is 18.0 Å². The SMILES string of the molecule is CC(Cl)CCN(C)C(=O)c1ccc(O)c(Cl)c1. The number of phenols is 1. The Labute approximate surface area is 111 Å². The van der Waals surface area contributed by atoms with Crippen molar-refractivity contribution in [2.75, 3.05) is 13.6 Å². The summed E-state index contributed by atoms with van der Waals surface area (Å²) in [7, 11) is 1.71. The van der Waals surface area contributed by atoms with Crippen LogP contribution < -0.4 is 0 Å². The van der Waals surface area contributed by atoms with Gasteiger partial charge in [0.2, 0.25) is 0 Å². The molecule has 0 fully saturated rings. The molecule has 1 amide bonds. The molecule has 0 saturated heterocycles. The molecule has 0 aliphatic rings. The Morgan fingerprint density at radius 2 is 2.18 bits per heavy atom. The van der Waals surface area contributed by atoms with Gasteiger partial charge in [0.1, 0.15) is 5.75 Å². The van der Waals surface area contributed by atoms with E-state index >= 15 is 0 Å². The summed E-state index contributed by atoms with van der Waals surface area (Å²) in [5, 5.41) is 9.48. The van der Waals surface area contributed by atoms with Crippen molar-refractivity contribution in [3.63, 3.8) is 0 Å². The summed E-state index contributed by atoms with van der Waals surface area (Å²) < 4.78 is 0. The number of carbonyl (C=O) groups excluding carboxylic acids is 1. The highest BCUT2D eigenvalue weighted by Crippen LogP contribution is 2.24. The van der Waals surface area contributed by atoms with Crippen molar-refractivity contribution in [2.24, 2.45) is 0 Å². The zero-order chi connectivity index (χ0) is 13.0. The normalized spacial score (nSPS) is 12.2. The molecule has 0 spiro atoms. The highest BCUT2D eigenvalue weighted by molar-refractivity contribution is 6.32. The number of alkyl halides is 1. The Morgan fingerprint density at radius 1 is 1.53 bits per heavy atom. The molecule has 1 N–H and O–H groups in total. The van der Waals surface area contributed by atoms with Crippen molar-refractivity contribution in [2.45, 2.75) is 18.7 Å². The van der Waals surface area contributed by atoms with Crippen LogP contribution in [-0.4, -0.2) is 34.9 Å². The van der Waals surface area contributed by atoms with Crippen molar-refractivity contribution in [3.8, 4) is 5.75 Å². The molecule has 1 atom stereocenters. The third-order valence-corrected chi connectivity index (χ3v) is 2.92. The van der Waals surface area contributed by atoms with Crippen molar-refractivity contribution >= 4 is 29.1 Å². The maximum Gasteiger partial charge on any atom is 0.253 e. The van der Waals surface area contributed by atoms with Crippen LogP contribution in [0.5, 0.6) is 5.75 Å². The summed E-state index contributed by atoms with van der Waals surface area (Å²) in [5.74, 6) is -0.163. The molecule has 0 bridgehead atoms. The average Bonchev–Trinajstić information content (AvgIpc) is 2.28. The Balaban J connectivity index is 2.71. The van der Waals surface area contributed by atoms with Crippen LogP contribution in [0.1, 0.15) is 23.7 Å². The summed E-state index contributed by atoms with van der Waals surface area (Å²) in [6.07, 6.45) is 0.732. The summed E-state index contributed by atoms with van der Waals surface area (Å²) >= 11 is 11.6. The van der Waals surface area contributed by atoms with Crippen molar-refractivity contribution in [1.29, 1.82) is 0 Å². The standard InChI is InChI=1S/C12H15Cl2NO2/c1-8(13)5-6-15(2)12(17)9-3-4-11(16)10(14)7-9/h3-4,7-8,16H,5-6H2,1-2H3. The van der Waals surface area contributed by atoms with E-state index in [0.717, 1.165) is 6.42 Å². The van der Waals surface area contributed by atoms with Gasteiger partial charge in [0, 0.05) is 24.5 Å². The van der Waals surface area contributed by atoms with Gasteiger partial charge in [0.25, 0.3) is 5.91 Å². The van der Waals surface area contributed by atoms with Crippen LogP contribution in [0.15, 0.2) is 18.2 Å². The second-order valence-electron chi connectivity index (χ2n) is 3.96. The quantitative estimate of drug-likeness (QED) is 0.858. The number of halogens is 2. The fraction of sp³-hybridized carbons (Fsp3) is 0.417. The highest BCUT2D eigenvalue weighted by atomic mass is 35.5. The first-order valence-corrected chi connectivity index (χ1v) is 6.11. The zero-order valence-corrected chi connectivity index (χ0v) is 11.3. The Kier molecular flexibility index (Phi) is 5.09. The van der Waals surface area contributed by atoms with E-state index in [-0.39, 0.29) is 22.1 Å². The zero-order valence-electron chi connectivity index (χ0n) is 9.78. The topological polar surface area (TPSA) is 40.5 Å². The highest BCUT2D eigenvalue weighted by Gasteiger charge is 2.13. The number of phenolic OH excluding ortho intramolecular Hbond substituents is 1. The first-order chi connectivity index (χ1) is 7.91. The lowest BCUT2D eigenvalue weighted by Gasteiger charge is -2.18. The number of amides is 1. The maximum atomic E-state index is 12.0. The summed E-state index contributed by atoms with van der Waals surface area (Å²) in [6, 6.07) is 4.41. The molecule has 3 nitrogen and oxygen atoms in total. The maximum absolute atomic E-state index is 12.0. The lowest BCUT2D eigenvalue weighted by molar-refractivity contribution is 0.0793. The van der Waals surface area contributed by atoms with Crippen molar-refractivity contribution in [1.82, 2.24) is 4.90 Å². The molecule has 0 aliphatic carbocycles. The molecule has 0 aromatic heterocycles. The molecular formula is C12H15Cl2NO2. The monoisotopic (exact) mass is 275 g/mol. The van der Waals surface area contributed by atoms with Crippen LogP contribution in [0.2, 0.25) is 5.02 Å². The van der Waals surface area contributed by atoms with Gasteiger partial charge in [0.15, 0.2) is 0 Å². The molecule has 0 aliphatic heterocycles. The van der Waals surface area contributed by atoms with Gasteiger partial charge < -0.3 is 10.0 Å². The third-order valence-electron chi connectivity index (χ3n) is 2.40. The predicted molar refractivity (Wildman–Crippen MR) is 70.0 cm³/mol. The molecule has 1 rings (SSSR count). The van der Waals surface area contributed by atoms with Crippen molar-refractivity contribution in [3.05, 3.63) is 28.8 Å². The minimum Gasteiger partial charge on any atom is -0.506 e. The van der Waals surface area contributed by atoms with Gasteiger partial charge in [-0.1, -0.05) is 11.6 Å². The smallest absolute Gasteiger partial charge is 0.253 e. The van der Waals surface area contributed by atoms with Crippen LogP contribution in [0.4, 0.5) is 0 Å². The van der Waals surface area contributed by atoms with E-state index in [0.29, 0.717) is 12.1 Å². The number of hydrogen-bond donors (Lipinski definition) is 1. The van der Waals surface area contributed by atoms with E-state index in [9.17, 15) is 9.90 Å². The van der Waals surface area contributed by atoms with Gasteiger partial charge >= 0.3 is 0 Å². The lowest BCUT2D eigenvalue weighted by Crippen LogP contribution is -2.28. The minimum atomic E-state index is -0.135. The second-order valence-corrected chi connectivity index (χ2v) is 5.11. The van der Waals surface area contributed by atoms with E-state index < -0.39 is 0 Å².